The van der Waals surface area contributed by atoms with Crippen LogP contribution in [0.25, 0.3) is 0 Å². The summed E-state index contributed by atoms with van der Waals surface area (Å²) in [6.45, 7) is 0. The van der Waals surface area contributed by atoms with Crippen LogP contribution < -0.4 is 9.20 Å². The zero-order chi connectivity index (χ0) is 11.2. The SMILES string of the molecule is S=C(Oc1ccccc1)[Se]c1ccccc1. The second kappa shape index (κ2) is 5.80. The van der Waals surface area contributed by atoms with Gasteiger partial charge in [-0.3, -0.25) is 0 Å². The van der Waals surface area contributed by atoms with Crippen molar-refractivity contribution in [3.05, 3.63) is 60.7 Å². The van der Waals surface area contributed by atoms with Crippen LogP contribution in [-0.2, 0) is 0 Å². The summed E-state index contributed by atoms with van der Waals surface area (Å²) in [5.74, 6) is 0.810. The van der Waals surface area contributed by atoms with E-state index in [0.717, 1.165) is 5.75 Å². The van der Waals surface area contributed by atoms with E-state index in [-0.39, 0.29) is 15.0 Å². The number of rotatable bonds is 3. The Morgan fingerprint density at radius 3 is 2.06 bits per heavy atom. The van der Waals surface area contributed by atoms with Crippen molar-refractivity contribution < 1.29 is 4.74 Å². The average molecular weight is 293 g/mol. The minimum absolute atomic E-state index is 0.0897. The Balaban J connectivity index is 1.95. The normalized spacial score (nSPS) is 9.75. The Hall–Kier alpha value is -1.15. The molecule has 0 aromatic heterocycles. The summed E-state index contributed by atoms with van der Waals surface area (Å²) in [6.07, 6.45) is 0. The summed E-state index contributed by atoms with van der Waals surface area (Å²) < 4.78 is 7.47. The van der Waals surface area contributed by atoms with Gasteiger partial charge in [0.15, 0.2) is 0 Å². The Morgan fingerprint density at radius 2 is 1.44 bits per heavy atom. The topological polar surface area (TPSA) is 9.23 Å². The number of hydrogen-bond acceptors (Lipinski definition) is 2. The summed E-state index contributed by atoms with van der Waals surface area (Å²) in [5.41, 5.74) is 0. The van der Waals surface area contributed by atoms with E-state index in [1.807, 2.05) is 48.5 Å². The fourth-order valence-electron chi connectivity index (χ4n) is 1.19. The molecule has 0 bridgehead atoms. The molecule has 0 saturated carbocycles. The molecule has 0 unspecified atom stereocenters. The minimum atomic E-state index is 0.0897. The predicted molar refractivity (Wildman–Crippen MR) is 71.5 cm³/mol. The van der Waals surface area contributed by atoms with Crippen molar-refractivity contribution >= 4 is 35.6 Å². The maximum absolute atomic E-state index is 5.58. The molecule has 0 spiro atoms. The van der Waals surface area contributed by atoms with E-state index in [0.29, 0.717) is 3.95 Å². The molecule has 2 aromatic carbocycles. The predicted octanol–water partition coefficient (Wildman–Crippen LogP) is 2.38. The van der Waals surface area contributed by atoms with E-state index in [2.05, 4.69) is 12.1 Å². The van der Waals surface area contributed by atoms with Gasteiger partial charge in [0.1, 0.15) is 0 Å². The molecule has 0 heterocycles. The monoisotopic (exact) mass is 294 g/mol. The molecular formula is C13H10OSSe. The van der Waals surface area contributed by atoms with Gasteiger partial charge in [0, 0.05) is 0 Å². The molecule has 2 aromatic rings. The van der Waals surface area contributed by atoms with Crippen molar-refractivity contribution in [1.82, 2.24) is 0 Å². The van der Waals surface area contributed by atoms with Gasteiger partial charge < -0.3 is 0 Å². The fraction of sp³-hybridized carbons (Fsp3) is 0. The maximum atomic E-state index is 5.58. The van der Waals surface area contributed by atoms with Gasteiger partial charge in [-0.25, -0.2) is 0 Å². The third kappa shape index (κ3) is 3.46. The van der Waals surface area contributed by atoms with E-state index >= 15 is 0 Å². The van der Waals surface area contributed by atoms with E-state index in [1.54, 1.807) is 0 Å². The van der Waals surface area contributed by atoms with Gasteiger partial charge in [-0.15, -0.1) is 0 Å². The van der Waals surface area contributed by atoms with Gasteiger partial charge in [-0.1, -0.05) is 0 Å². The Morgan fingerprint density at radius 1 is 0.875 bits per heavy atom. The van der Waals surface area contributed by atoms with Crippen molar-refractivity contribution in [2.24, 2.45) is 0 Å². The van der Waals surface area contributed by atoms with Crippen molar-refractivity contribution in [2.75, 3.05) is 0 Å². The molecule has 0 saturated heterocycles. The summed E-state index contributed by atoms with van der Waals surface area (Å²) in [4.78, 5) is 0. The summed E-state index contributed by atoms with van der Waals surface area (Å²) in [7, 11) is 0. The molecule has 16 heavy (non-hydrogen) atoms. The molecule has 3 heteroatoms. The Bertz CT molecular complexity index is 412. The van der Waals surface area contributed by atoms with Crippen LogP contribution in [0.1, 0.15) is 0 Å². The van der Waals surface area contributed by atoms with Crippen molar-refractivity contribution in [3.63, 3.8) is 0 Å². The van der Waals surface area contributed by atoms with E-state index in [1.165, 1.54) is 4.46 Å². The van der Waals surface area contributed by atoms with Crippen molar-refractivity contribution in [3.8, 4) is 5.75 Å². The number of ether oxygens (including phenoxy) is 1. The molecule has 0 N–H and O–H groups in total. The quantitative estimate of drug-likeness (QED) is 0.635. The number of thiocarbonyl (C=S) groups is 1. The Kier molecular flexibility index (Phi) is 4.11. The molecule has 0 aliphatic heterocycles. The summed E-state index contributed by atoms with van der Waals surface area (Å²) in [5, 5.41) is 0. The zero-order valence-electron chi connectivity index (χ0n) is 8.50. The van der Waals surface area contributed by atoms with Crippen molar-refractivity contribution in [2.45, 2.75) is 0 Å². The molecule has 0 fully saturated rings. The summed E-state index contributed by atoms with van der Waals surface area (Å²) >= 11 is 5.31. The molecule has 0 radical (unpaired) electrons. The first-order chi connectivity index (χ1) is 7.84. The van der Waals surface area contributed by atoms with E-state index < -0.39 is 0 Å². The van der Waals surface area contributed by atoms with Crippen LogP contribution in [0.5, 0.6) is 5.75 Å². The fourth-order valence-corrected chi connectivity index (χ4v) is 3.09. The molecule has 1 nitrogen and oxygen atoms in total. The van der Waals surface area contributed by atoms with Crippen LogP contribution in [0, 0.1) is 0 Å². The van der Waals surface area contributed by atoms with Crippen LogP contribution in [0.15, 0.2) is 60.7 Å². The molecule has 2 rings (SSSR count). The Labute approximate surface area is 107 Å². The van der Waals surface area contributed by atoms with E-state index in [9.17, 15) is 0 Å². The van der Waals surface area contributed by atoms with Crippen LogP contribution >= 0.6 is 12.2 Å². The molecule has 0 atom stereocenters. The standard InChI is InChI=1S/C13H10OSSe/c15-13(14-11-7-3-1-4-8-11)16-12-9-5-2-6-10-12/h1-10H. The van der Waals surface area contributed by atoms with Gasteiger partial charge in [0.2, 0.25) is 0 Å². The first-order valence-corrected chi connectivity index (χ1v) is 6.96. The molecule has 80 valence electrons. The molecular weight excluding hydrogens is 283 g/mol. The van der Waals surface area contributed by atoms with Crippen LogP contribution in [-0.4, -0.2) is 18.9 Å². The first kappa shape index (κ1) is 11.3. The molecule has 0 aliphatic carbocycles. The first-order valence-electron chi connectivity index (χ1n) is 4.84. The zero-order valence-corrected chi connectivity index (χ0v) is 11.0. The summed E-state index contributed by atoms with van der Waals surface area (Å²) in [6, 6.07) is 19.8. The molecule has 0 amide bonds. The van der Waals surface area contributed by atoms with Crippen LogP contribution in [0.4, 0.5) is 0 Å². The van der Waals surface area contributed by atoms with Crippen molar-refractivity contribution in [1.29, 1.82) is 0 Å². The van der Waals surface area contributed by atoms with Crippen LogP contribution in [0.2, 0.25) is 0 Å². The third-order valence-corrected chi connectivity index (χ3v) is 4.00. The van der Waals surface area contributed by atoms with Gasteiger partial charge in [0.25, 0.3) is 0 Å². The number of hydrogen-bond donors (Lipinski definition) is 0. The average Bonchev–Trinajstić information content (AvgIpc) is 2.31. The number of para-hydroxylation sites is 1. The van der Waals surface area contributed by atoms with Gasteiger partial charge in [-0.05, 0) is 0 Å². The second-order valence-electron chi connectivity index (χ2n) is 3.08. The van der Waals surface area contributed by atoms with Gasteiger partial charge >= 0.3 is 107 Å². The third-order valence-electron chi connectivity index (χ3n) is 1.89. The van der Waals surface area contributed by atoms with E-state index in [4.69, 9.17) is 17.0 Å². The van der Waals surface area contributed by atoms with Crippen LogP contribution in [0.3, 0.4) is 0 Å². The van der Waals surface area contributed by atoms with Gasteiger partial charge in [-0.2, -0.15) is 0 Å². The van der Waals surface area contributed by atoms with Gasteiger partial charge in [0.05, 0.1) is 0 Å². The molecule has 0 aliphatic rings. The second-order valence-corrected chi connectivity index (χ2v) is 6.23. The number of benzene rings is 2.